The Morgan fingerprint density at radius 2 is 2.05 bits per heavy atom. The molecule has 41 heavy (non-hydrogen) atoms. The van der Waals surface area contributed by atoms with Crippen LogP contribution in [-0.2, 0) is 34.8 Å². The highest BCUT2D eigenvalue weighted by atomic mass is 16.6. The van der Waals surface area contributed by atoms with E-state index in [2.05, 4.69) is 5.32 Å². The lowest BCUT2D eigenvalue weighted by Gasteiger charge is -2.36. The van der Waals surface area contributed by atoms with Gasteiger partial charge in [0.05, 0.1) is 29.0 Å². The third-order valence-corrected chi connectivity index (χ3v) is 8.43. The third kappa shape index (κ3) is 4.39. The predicted molar refractivity (Wildman–Crippen MR) is 152 cm³/mol. The van der Waals surface area contributed by atoms with Crippen LogP contribution in [0.5, 0.6) is 5.75 Å². The Morgan fingerprint density at radius 3 is 2.78 bits per heavy atom. The minimum absolute atomic E-state index is 0.00934. The van der Waals surface area contributed by atoms with Crippen molar-refractivity contribution in [2.75, 3.05) is 27.2 Å². The van der Waals surface area contributed by atoms with Crippen LogP contribution in [0.15, 0.2) is 29.1 Å². The number of nitrogens with zero attached hydrogens (tertiary/aromatic N) is 4. The van der Waals surface area contributed by atoms with Gasteiger partial charge >= 0.3 is 12.1 Å². The molecule has 11 heteroatoms. The van der Waals surface area contributed by atoms with Crippen LogP contribution in [0.3, 0.4) is 0 Å². The molecule has 3 atom stereocenters. The summed E-state index contributed by atoms with van der Waals surface area (Å²) in [4.78, 5) is 47.9. The number of carbonyl (C=O) groups is 2. The van der Waals surface area contributed by atoms with Crippen molar-refractivity contribution >= 4 is 23.0 Å². The summed E-state index contributed by atoms with van der Waals surface area (Å²) in [5, 5.41) is 15.3. The molecule has 0 spiro atoms. The molecule has 3 aliphatic heterocycles. The zero-order valence-corrected chi connectivity index (χ0v) is 24.0. The summed E-state index contributed by atoms with van der Waals surface area (Å²) < 4.78 is 12.8. The number of benzene rings is 1. The van der Waals surface area contributed by atoms with E-state index < -0.39 is 11.6 Å². The zero-order chi connectivity index (χ0) is 29.2. The van der Waals surface area contributed by atoms with E-state index in [1.165, 1.54) is 0 Å². The highest BCUT2D eigenvalue weighted by Crippen LogP contribution is 2.40. The van der Waals surface area contributed by atoms with E-state index >= 15 is 0 Å². The van der Waals surface area contributed by atoms with Crippen molar-refractivity contribution < 1.29 is 24.2 Å². The van der Waals surface area contributed by atoms with E-state index in [0.29, 0.717) is 48.8 Å². The van der Waals surface area contributed by atoms with Gasteiger partial charge in [0.25, 0.3) is 5.56 Å². The number of piperazine rings is 1. The van der Waals surface area contributed by atoms with Crippen molar-refractivity contribution in [2.45, 2.75) is 64.6 Å². The molecule has 216 valence electrons. The fourth-order valence-corrected chi connectivity index (χ4v) is 6.09. The van der Waals surface area contributed by atoms with E-state index in [1.54, 1.807) is 28.5 Å². The SMILES string of the molecule is CC[C@@]1(O)C(=O)OCc2c1cc1n(c2=O)Cc2cc3c(CN(C)C)c(OC(=O)N4C[C@H](C)NC[C@H]4C)ccc3nc2-1. The second kappa shape index (κ2) is 9.93. The Bertz CT molecular complexity index is 1650. The highest BCUT2D eigenvalue weighted by Gasteiger charge is 2.45. The lowest BCUT2D eigenvalue weighted by Crippen LogP contribution is -2.56. The molecule has 0 unspecified atom stereocenters. The van der Waals surface area contributed by atoms with Crippen molar-refractivity contribution in [3.63, 3.8) is 0 Å². The molecule has 3 aromatic rings. The molecule has 1 saturated heterocycles. The maximum Gasteiger partial charge on any atom is 0.415 e. The molecule has 0 radical (unpaired) electrons. The number of amides is 1. The normalized spacial score (nSPS) is 23.3. The number of ether oxygens (including phenoxy) is 2. The molecule has 2 aromatic heterocycles. The number of pyridine rings is 2. The maximum absolute atomic E-state index is 13.5. The summed E-state index contributed by atoms with van der Waals surface area (Å²) in [6, 6.07) is 7.49. The molecular formula is C30H35N5O6. The van der Waals surface area contributed by atoms with Gasteiger partial charge in [-0.3, -0.25) is 4.79 Å². The van der Waals surface area contributed by atoms with Crippen LogP contribution < -0.4 is 15.6 Å². The average Bonchev–Trinajstić information content (AvgIpc) is 3.30. The van der Waals surface area contributed by atoms with Gasteiger partial charge in [0.2, 0.25) is 0 Å². The number of rotatable bonds is 4. The van der Waals surface area contributed by atoms with Crippen LogP contribution in [0.25, 0.3) is 22.3 Å². The molecule has 0 saturated carbocycles. The van der Waals surface area contributed by atoms with Crippen LogP contribution in [0, 0.1) is 0 Å². The van der Waals surface area contributed by atoms with Crippen LogP contribution in [0.4, 0.5) is 4.79 Å². The van der Waals surface area contributed by atoms with Gasteiger partial charge in [0.1, 0.15) is 12.4 Å². The summed E-state index contributed by atoms with van der Waals surface area (Å²) in [7, 11) is 3.90. The number of nitrogens with one attached hydrogen (secondary N) is 1. The number of esters is 1. The number of fused-ring (bicyclic) bond motifs is 5. The molecule has 1 aromatic carbocycles. The van der Waals surface area contributed by atoms with Crippen molar-refractivity contribution in [2.24, 2.45) is 0 Å². The molecule has 3 aliphatic rings. The first-order valence-electron chi connectivity index (χ1n) is 14.0. The lowest BCUT2D eigenvalue weighted by molar-refractivity contribution is -0.172. The Labute approximate surface area is 237 Å². The second-order valence-electron chi connectivity index (χ2n) is 11.6. The molecule has 0 aliphatic carbocycles. The van der Waals surface area contributed by atoms with Crippen molar-refractivity contribution in [1.29, 1.82) is 0 Å². The van der Waals surface area contributed by atoms with E-state index in [1.807, 2.05) is 45.0 Å². The van der Waals surface area contributed by atoms with Gasteiger partial charge in [-0.25, -0.2) is 14.6 Å². The zero-order valence-electron chi connectivity index (χ0n) is 24.0. The first-order chi connectivity index (χ1) is 19.5. The number of aromatic nitrogens is 2. The maximum atomic E-state index is 13.5. The lowest BCUT2D eigenvalue weighted by atomic mass is 9.86. The summed E-state index contributed by atoms with van der Waals surface area (Å²) in [6.45, 7) is 7.61. The standard InChI is InChI=1S/C30H35N5O6/c1-6-30(39)22-10-24-26-18(13-35(24)27(36)21(22)15-40-28(30)37)9-19-20(14-33(4)5)25(8-7-23(19)32-26)41-29(38)34-12-16(2)31-11-17(34)3/h7-10,16-17,31,39H,6,11-15H2,1-5H3/t16-,17+,30-/m0/s1. The topological polar surface area (TPSA) is 126 Å². The molecule has 5 heterocycles. The van der Waals surface area contributed by atoms with Gasteiger partial charge < -0.3 is 34.3 Å². The van der Waals surface area contributed by atoms with Crippen LogP contribution in [0.1, 0.15) is 49.4 Å². The monoisotopic (exact) mass is 561 g/mol. The molecule has 1 amide bonds. The Kier molecular flexibility index (Phi) is 6.63. The molecular weight excluding hydrogens is 526 g/mol. The van der Waals surface area contributed by atoms with E-state index in [0.717, 1.165) is 16.5 Å². The predicted octanol–water partition coefficient (Wildman–Crippen LogP) is 2.32. The quantitative estimate of drug-likeness (QED) is 0.361. The van der Waals surface area contributed by atoms with Gasteiger partial charge in [-0.15, -0.1) is 0 Å². The summed E-state index contributed by atoms with van der Waals surface area (Å²) in [5.41, 5.74) is 1.92. The molecule has 6 rings (SSSR count). The number of cyclic esters (lactones) is 1. The van der Waals surface area contributed by atoms with Gasteiger partial charge in [-0.1, -0.05) is 6.92 Å². The molecule has 2 N–H and O–H groups in total. The van der Waals surface area contributed by atoms with Crippen molar-refractivity contribution in [1.82, 2.24) is 24.7 Å². The molecule has 11 nitrogen and oxygen atoms in total. The van der Waals surface area contributed by atoms with Crippen molar-refractivity contribution in [3.8, 4) is 17.1 Å². The van der Waals surface area contributed by atoms with Crippen LogP contribution >= 0.6 is 0 Å². The minimum Gasteiger partial charge on any atom is -0.458 e. The first-order valence-corrected chi connectivity index (χ1v) is 14.0. The highest BCUT2D eigenvalue weighted by molar-refractivity contribution is 5.90. The first kappa shape index (κ1) is 27.4. The Hall–Kier alpha value is -3.80. The van der Waals surface area contributed by atoms with Gasteiger partial charge in [0, 0.05) is 53.8 Å². The van der Waals surface area contributed by atoms with Crippen LogP contribution in [0.2, 0.25) is 0 Å². The number of hydrogen-bond acceptors (Lipinski definition) is 9. The molecule has 0 bridgehead atoms. The number of carbonyl (C=O) groups excluding carboxylic acids is 2. The second-order valence-corrected chi connectivity index (χ2v) is 11.6. The van der Waals surface area contributed by atoms with E-state index in [9.17, 15) is 19.5 Å². The van der Waals surface area contributed by atoms with E-state index in [4.69, 9.17) is 14.5 Å². The third-order valence-electron chi connectivity index (χ3n) is 8.43. The average molecular weight is 562 g/mol. The van der Waals surface area contributed by atoms with Crippen molar-refractivity contribution in [3.05, 3.63) is 56.9 Å². The Morgan fingerprint density at radius 1 is 1.27 bits per heavy atom. The fourth-order valence-electron chi connectivity index (χ4n) is 6.09. The van der Waals surface area contributed by atoms with Gasteiger partial charge in [0.15, 0.2) is 5.60 Å². The smallest absolute Gasteiger partial charge is 0.415 e. The van der Waals surface area contributed by atoms with Gasteiger partial charge in [-0.05, 0) is 58.6 Å². The summed E-state index contributed by atoms with van der Waals surface area (Å²) in [6.07, 6.45) is -0.301. The van der Waals surface area contributed by atoms with Crippen LogP contribution in [-0.4, -0.2) is 75.8 Å². The Balaban J connectivity index is 1.44. The molecule has 1 fully saturated rings. The largest absolute Gasteiger partial charge is 0.458 e. The number of hydrogen-bond donors (Lipinski definition) is 2. The van der Waals surface area contributed by atoms with Gasteiger partial charge in [-0.2, -0.15) is 0 Å². The van der Waals surface area contributed by atoms with E-state index in [-0.39, 0.29) is 47.9 Å². The fraction of sp³-hybridized carbons (Fsp3) is 0.467. The summed E-state index contributed by atoms with van der Waals surface area (Å²) in [5.74, 6) is -0.273. The summed E-state index contributed by atoms with van der Waals surface area (Å²) >= 11 is 0. The minimum atomic E-state index is -1.88. The number of aliphatic hydroxyl groups is 1.